The maximum atomic E-state index is 14.9. The minimum Gasteiger partial charge on any atom is -0.350 e. The van der Waals surface area contributed by atoms with Crippen LogP contribution in [0, 0.1) is 19.7 Å². The SMILES string of the molecule is Cc1cccc(C)c1N(CC(=O)N(Cc1ccccc1F)C(Cc1ccccc1)C(=O)NC(C)(C)C)S(C)(=O)=O. The molecule has 0 aliphatic rings. The number of rotatable bonds is 10. The summed E-state index contributed by atoms with van der Waals surface area (Å²) in [6.07, 6.45) is 1.20. The highest BCUT2D eigenvalue weighted by Gasteiger charge is 2.35. The van der Waals surface area contributed by atoms with Crippen LogP contribution < -0.4 is 9.62 Å². The number of carbonyl (C=O) groups excluding carboxylic acids is 2. The third kappa shape index (κ3) is 8.14. The molecule has 2 amide bonds. The summed E-state index contributed by atoms with van der Waals surface area (Å²) >= 11 is 0. The molecular weight excluding hydrogens is 529 g/mol. The average molecular weight is 568 g/mol. The van der Waals surface area contributed by atoms with Crippen LogP contribution in [0.15, 0.2) is 72.8 Å². The lowest BCUT2D eigenvalue weighted by Crippen LogP contribution is -2.56. The minimum atomic E-state index is -3.89. The number of sulfonamides is 1. The van der Waals surface area contributed by atoms with Crippen molar-refractivity contribution in [1.82, 2.24) is 10.2 Å². The Balaban J connectivity index is 2.12. The number of halogens is 1. The molecular formula is C31H38FN3O4S. The summed E-state index contributed by atoms with van der Waals surface area (Å²) in [4.78, 5) is 29.1. The predicted molar refractivity (Wildman–Crippen MR) is 157 cm³/mol. The van der Waals surface area contributed by atoms with Gasteiger partial charge in [-0.1, -0.05) is 66.7 Å². The number of hydrogen-bond donors (Lipinski definition) is 1. The Hall–Kier alpha value is -3.72. The first-order chi connectivity index (χ1) is 18.7. The van der Waals surface area contributed by atoms with E-state index >= 15 is 0 Å². The molecule has 1 atom stereocenters. The van der Waals surface area contributed by atoms with Crippen molar-refractivity contribution in [3.63, 3.8) is 0 Å². The molecule has 0 radical (unpaired) electrons. The van der Waals surface area contributed by atoms with Crippen LogP contribution in [0.3, 0.4) is 0 Å². The van der Waals surface area contributed by atoms with Crippen LogP contribution in [-0.2, 0) is 32.6 Å². The van der Waals surface area contributed by atoms with Gasteiger partial charge in [0.1, 0.15) is 18.4 Å². The lowest BCUT2D eigenvalue weighted by atomic mass is 10.0. The van der Waals surface area contributed by atoms with Gasteiger partial charge in [0.25, 0.3) is 0 Å². The Bertz CT molecular complexity index is 1430. The second kappa shape index (κ2) is 12.6. The highest BCUT2D eigenvalue weighted by molar-refractivity contribution is 7.92. The molecule has 1 unspecified atom stereocenters. The summed E-state index contributed by atoms with van der Waals surface area (Å²) in [5.41, 5.74) is 2.20. The van der Waals surface area contributed by atoms with Crippen LogP contribution in [0.2, 0.25) is 0 Å². The van der Waals surface area contributed by atoms with Crippen LogP contribution in [0.1, 0.15) is 43.0 Å². The minimum absolute atomic E-state index is 0.158. The highest BCUT2D eigenvalue weighted by Crippen LogP contribution is 2.27. The van der Waals surface area contributed by atoms with E-state index in [1.165, 1.54) is 11.0 Å². The number of hydrogen-bond acceptors (Lipinski definition) is 4. The molecule has 3 aromatic rings. The van der Waals surface area contributed by atoms with E-state index in [0.29, 0.717) is 16.8 Å². The maximum absolute atomic E-state index is 14.9. The summed E-state index contributed by atoms with van der Waals surface area (Å²) in [5, 5.41) is 2.95. The Labute approximate surface area is 237 Å². The van der Waals surface area contributed by atoms with Crippen molar-refractivity contribution in [3.05, 3.63) is 101 Å². The molecule has 0 heterocycles. The van der Waals surface area contributed by atoms with Crippen molar-refractivity contribution in [2.75, 3.05) is 17.1 Å². The van der Waals surface area contributed by atoms with Gasteiger partial charge in [0.15, 0.2) is 0 Å². The lowest BCUT2D eigenvalue weighted by molar-refractivity contribution is -0.140. The zero-order chi connectivity index (χ0) is 29.7. The molecule has 214 valence electrons. The van der Waals surface area contributed by atoms with E-state index < -0.39 is 45.8 Å². The normalized spacial score (nSPS) is 12.5. The Kier molecular flexibility index (Phi) is 9.73. The van der Waals surface area contributed by atoms with E-state index in [9.17, 15) is 22.4 Å². The first-order valence-corrected chi connectivity index (χ1v) is 14.9. The number of anilines is 1. The molecule has 3 rings (SSSR count). The summed E-state index contributed by atoms with van der Waals surface area (Å²) in [7, 11) is -3.89. The van der Waals surface area contributed by atoms with E-state index in [4.69, 9.17) is 0 Å². The van der Waals surface area contributed by atoms with Gasteiger partial charge in [0, 0.05) is 24.1 Å². The number of nitrogens with zero attached hydrogens (tertiary/aromatic N) is 2. The molecule has 0 bridgehead atoms. The fourth-order valence-corrected chi connectivity index (χ4v) is 5.56. The summed E-state index contributed by atoms with van der Waals surface area (Å²) < 4.78 is 41.9. The quantitative estimate of drug-likeness (QED) is 0.383. The molecule has 1 N–H and O–H groups in total. The third-order valence-electron chi connectivity index (χ3n) is 6.44. The molecule has 0 spiro atoms. The summed E-state index contributed by atoms with van der Waals surface area (Å²) in [6, 6.07) is 19.6. The van der Waals surface area contributed by atoms with Crippen molar-refractivity contribution in [2.45, 2.75) is 59.2 Å². The van der Waals surface area contributed by atoms with Gasteiger partial charge < -0.3 is 10.2 Å². The number of para-hydroxylation sites is 1. The number of benzene rings is 3. The number of amides is 2. The van der Waals surface area contributed by atoms with Gasteiger partial charge in [-0.2, -0.15) is 0 Å². The van der Waals surface area contributed by atoms with E-state index in [0.717, 1.165) is 16.1 Å². The van der Waals surface area contributed by atoms with Crippen LogP contribution in [0.25, 0.3) is 0 Å². The van der Waals surface area contributed by atoms with Crippen LogP contribution in [0.4, 0.5) is 10.1 Å². The van der Waals surface area contributed by atoms with Gasteiger partial charge in [-0.25, -0.2) is 12.8 Å². The van der Waals surface area contributed by atoms with E-state index in [-0.39, 0.29) is 18.5 Å². The van der Waals surface area contributed by atoms with Crippen molar-refractivity contribution >= 4 is 27.5 Å². The van der Waals surface area contributed by atoms with E-state index in [1.54, 1.807) is 44.2 Å². The third-order valence-corrected chi connectivity index (χ3v) is 7.55. The second-order valence-electron chi connectivity index (χ2n) is 11.1. The Morgan fingerprint density at radius 1 is 0.900 bits per heavy atom. The van der Waals surface area contributed by atoms with Crippen molar-refractivity contribution in [2.24, 2.45) is 0 Å². The zero-order valence-electron chi connectivity index (χ0n) is 23.9. The number of nitrogens with one attached hydrogen (secondary N) is 1. The van der Waals surface area contributed by atoms with Crippen molar-refractivity contribution in [1.29, 1.82) is 0 Å². The second-order valence-corrected chi connectivity index (χ2v) is 13.0. The van der Waals surface area contributed by atoms with Crippen LogP contribution >= 0.6 is 0 Å². The number of aryl methyl sites for hydroxylation is 2. The molecule has 0 saturated heterocycles. The first kappa shape index (κ1) is 30.8. The summed E-state index contributed by atoms with van der Waals surface area (Å²) in [5.74, 6) is -1.56. The zero-order valence-corrected chi connectivity index (χ0v) is 24.8. The van der Waals surface area contributed by atoms with E-state index in [2.05, 4.69) is 5.32 Å². The molecule has 3 aromatic carbocycles. The van der Waals surface area contributed by atoms with Gasteiger partial charge in [0.05, 0.1) is 11.9 Å². The van der Waals surface area contributed by atoms with Gasteiger partial charge >= 0.3 is 0 Å². The van der Waals surface area contributed by atoms with Crippen molar-refractivity contribution < 1.29 is 22.4 Å². The molecule has 40 heavy (non-hydrogen) atoms. The topological polar surface area (TPSA) is 86.8 Å². The van der Waals surface area contributed by atoms with E-state index in [1.807, 2.05) is 57.2 Å². The van der Waals surface area contributed by atoms with Crippen molar-refractivity contribution in [3.8, 4) is 0 Å². The molecule has 0 aliphatic carbocycles. The lowest BCUT2D eigenvalue weighted by Gasteiger charge is -2.35. The fourth-order valence-electron chi connectivity index (χ4n) is 4.59. The molecule has 0 aliphatic heterocycles. The predicted octanol–water partition coefficient (Wildman–Crippen LogP) is 4.76. The Morgan fingerprint density at radius 2 is 1.48 bits per heavy atom. The first-order valence-electron chi connectivity index (χ1n) is 13.1. The standard InChI is InChI=1S/C31H38FN3O4S/c1-22-13-12-14-23(2)29(22)35(40(6,38)39)21-28(36)34(20-25-17-10-11-18-26(25)32)27(30(37)33-31(3,4)5)19-24-15-8-7-9-16-24/h7-18,27H,19-21H2,1-6H3,(H,33,37). The average Bonchev–Trinajstić information content (AvgIpc) is 2.85. The van der Waals surface area contributed by atoms with Gasteiger partial charge in [0.2, 0.25) is 21.8 Å². The van der Waals surface area contributed by atoms with Gasteiger partial charge in [-0.15, -0.1) is 0 Å². The van der Waals surface area contributed by atoms with Gasteiger partial charge in [-0.3, -0.25) is 13.9 Å². The molecule has 7 nitrogen and oxygen atoms in total. The smallest absolute Gasteiger partial charge is 0.244 e. The molecule has 0 fully saturated rings. The fraction of sp³-hybridized carbons (Fsp3) is 0.355. The Morgan fingerprint density at radius 3 is 2.02 bits per heavy atom. The number of carbonyl (C=O) groups is 2. The van der Waals surface area contributed by atoms with Crippen LogP contribution in [0.5, 0.6) is 0 Å². The molecule has 0 saturated carbocycles. The maximum Gasteiger partial charge on any atom is 0.244 e. The molecule has 9 heteroatoms. The summed E-state index contributed by atoms with van der Waals surface area (Å²) in [6.45, 7) is 8.28. The highest BCUT2D eigenvalue weighted by atomic mass is 32.2. The monoisotopic (exact) mass is 567 g/mol. The van der Waals surface area contributed by atoms with Crippen LogP contribution in [-0.4, -0.2) is 49.5 Å². The molecule has 0 aromatic heterocycles. The van der Waals surface area contributed by atoms with Gasteiger partial charge in [-0.05, 0) is 57.4 Å². The largest absolute Gasteiger partial charge is 0.350 e.